The first-order chi connectivity index (χ1) is 13.8. The Hall–Kier alpha value is -1.31. The molecule has 3 rings (SSSR count). The largest absolute Gasteiger partial charge is 0.365 e. The molecule has 0 spiro atoms. The first kappa shape index (κ1) is 22.4. The smallest absolute Gasteiger partial charge is 0.150 e. The summed E-state index contributed by atoms with van der Waals surface area (Å²) in [7, 11) is 0. The van der Waals surface area contributed by atoms with E-state index in [1.807, 2.05) is 12.1 Å². The third-order valence-electron chi connectivity index (χ3n) is 8.02. The highest BCUT2D eigenvalue weighted by Gasteiger charge is 2.42. The molecule has 0 saturated heterocycles. The van der Waals surface area contributed by atoms with Crippen LogP contribution in [0.2, 0.25) is 0 Å². The molecule has 0 bridgehead atoms. The molecule has 2 fully saturated rings. The van der Waals surface area contributed by atoms with E-state index in [-0.39, 0.29) is 0 Å². The Morgan fingerprint density at radius 3 is 1.62 bits per heavy atom. The summed E-state index contributed by atoms with van der Waals surface area (Å²) in [5.41, 5.74) is 2.12. The van der Waals surface area contributed by atoms with Gasteiger partial charge in [0.25, 0.3) is 0 Å². The number of nitrogens with zero attached hydrogens (tertiary/aromatic N) is 1. The van der Waals surface area contributed by atoms with Crippen molar-refractivity contribution in [1.82, 2.24) is 0 Å². The third kappa shape index (κ3) is 5.06. The van der Waals surface area contributed by atoms with E-state index in [4.69, 9.17) is 0 Å². The Balaban J connectivity index is 2.05. The van der Waals surface area contributed by atoms with Crippen LogP contribution < -0.4 is 4.90 Å². The maximum absolute atomic E-state index is 11.2. The molecule has 0 heterocycles. The summed E-state index contributed by atoms with van der Waals surface area (Å²) in [5, 5.41) is 0. The molecule has 0 amide bonds. The fourth-order valence-corrected chi connectivity index (χ4v) is 6.30. The van der Waals surface area contributed by atoms with Crippen molar-refractivity contribution < 1.29 is 4.79 Å². The Morgan fingerprint density at radius 2 is 1.24 bits per heavy atom. The van der Waals surface area contributed by atoms with E-state index in [2.05, 4.69) is 58.6 Å². The lowest BCUT2D eigenvalue weighted by Gasteiger charge is -2.53. The van der Waals surface area contributed by atoms with Gasteiger partial charge in [0.1, 0.15) is 6.29 Å². The van der Waals surface area contributed by atoms with Gasteiger partial charge in [-0.05, 0) is 85.5 Å². The van der Waals surface area contributed by atoms with Crippen LogP contribution in [0.25, 0.3) is 0 Å². The molecule has 1 aromatic rings. The normalized spacial score (nSPS) is 33.1. The molecule has 6 unspecified atom stereocenters. The van der Waals surface area contributed by atoms with Gasteiger partial charge in [-0.3, -0.25) is 4.79 Å². The molecule has 2 heteroatoms. The van der Waals surface area contributed by atoms with Gasteiger partial charge in [-0.25, -0.2) is 0 Å². The van der Waals surface area contributed by atoms with Crippen molar-refractivity contribution in [3.63, 3.8) is 0 Å². The van der Waals surface area contributed by atoms with E-state index in [0.717, 1.165) is 35.5 Å². The van der Waals surface area contributed by atoms with Crippen molar-refractivity contribution in [3.8, 4) is 0 Å². The fourth-order valence-electron chi connectivity index (χ4n) is 6.30. The lowest BCUT2D eigenvalue weighted by Crippen LogP contribution is -2.55. The minimum absolute atomic E-state index is 0.609. The van der Waals surface area contributed by atoms with E-state index in [1.54, 1.807) is 0 Å². The van der Waals surface area contributed by atoms with Crippen LogP contribution in [0.15, 0.2) is 24.3 Å². The minimum Gasteiger partial charge on any atom is -0.365 e. The molecular formula is C27H43NO. The molecule has 6 atom stereocenters. The highest BCUT2D eigenvalue weighted by Crippen LogP contribution is 2.44. The molecule has 1 aromatic carbocycles. The SMILES string of the molecule is CC1CCC(C(C)C)C(N(c2ccc(C=O)cc2)C2CC(C)CCC2C(C)C)C1. The Morgan fingerprint density at radius 1 is 0.793 bits per heavy atom. The van der Waals surface area contributed by atoms with Crippen molar-refractivity contribution in [3.05, 3.63) is 29.8 Å². The first-order valence-electron chi connectivity index (χ1n) is 12.1. The highest BCUT2D eigenvalue weighted by atomic mass is 16.1. The van der Waals surface area contributed by atoms with Crippen LogP contribution in [0.1, 0.15) is 90.4 Å². The van der Waals surface area contributed by atoms with Crippen molar-refractivity contribution in [2.24, 2.45) is 35.5 Å². The number of carbonyl (C=O) groups is 1. The van der Waals surface area contributed by atoms with E-state index in [1.165, 1.54) is 44.2 Å². The van der Waals surface area contributed by atoms with Gasteiger partial charge in [0.05, 0.1) is 0 Å². The second kappa shape index (κ2) is 9.67. The summed E-state index contributed by atoms with van der Waals surface area (Å²) >= 11 is 0. The summed E-state index contributed by atoms with van der Waals surface area (Å²) < 4.78 is 0. The lowest BCUT2D eigenvalue weighted by atomic mass is 9.69. The zero-order chi connectivity index (χ0) is 21.1. The van der Waals surface area contributed by atoms with Crippen LogP contribution in [-0.4, -0.2) is 18.4 Å². The van der Waals surface area contributed by atoms with Crippen molar-refractivity contribution >= 4 is 12.0 Å². The van der Waals surface area contributed by atoms with E-state index in [9.17, 15) is 4.79 Å². The Kier molecular flexibility index (Phi) is 7.46. The van der Waals surface area contributed by atoms with Gasteiger partial charge < -0.3 is 4.90 Å². The molecule has 0 radical (unpaired) electrons. The highest BCUT2D eigenvalue weighted by molar-refractivity contribution is 5.75. The predicted octanol–water partition coefficient (Wildman–Crippen LogP) is 7.23. The van der Waals surface area contributed by atoms with E-state index < -0.39 is 0 Å². The molecule has 162 valence electrons. The van der Waals surface area contributed by atoms with Gasteiger partial charge in [0.2, 0.25) is 0 Å². The summed E-state index contributed by atoms with van der Waals surface area (Å²) in [6, 6.07) is 9.69. The zero-order valence-corrected chi connectivity index (χ0v) is 19.6. The Labute approximate surface area is 179 Å². The molecule has 2 nitrogen and oxygen atoms in total. The zero-order valence-electron chi connectivity index (χ0n) is 19.6. The first-order valence-corrected chi connectivity index (χ1v) is 12.1. The summed E-state index contributed by atoms with van der Waals surface area (Å²) in [6.07, 6.45) is 9.00. The van der Waals surface area contributed by atoms with Crippen LogP contribution in [0.3, 0.4) is 0 Å². The number of hydrogen-bond acceptors (Lipinski definition) is 2. The summed E-state index contributed by atoms with van der Waals surface area (Å²) in [6.45, 7) is 14.6. The minimum atomic E-state index is 0.609. The van der Waals surface area contributed by atoms with Gasteiger partial charge in [-0.1, -0.05) is 54.4 Å². The maximum Gasteiger partial charge on any atom is 0.150 e. The quantitative estimate of drug-likeness (QED) is 0.472. The molecule has 2 aliphatic carbocycles. The van der Waals surface area contributed by atoms with Crippen LogP contribution in [0, 0.1) is 35.5 Å². The summed E-state index contributed by atoms with van der Waals surface area (Å²) in [5.74, 6) is 4.52. The average molecular weight is 398 g/mol. The van der Waals surface area contributed by atoms with Gasteiger partial charge in [0.15, 0.2) is 0 Å². The van der Waals surface area contributed by atoms with Crippen LogP contribution in [0.4, 0.5) is 5.69 Å². The van der Waals surface area contributed by atoms with Gasteiger partial charge >= 0.3 is 0 Å². The van der Waals surface area contributed by atoms with Crippen LogP contribution >= 0.6 is 0 Å². The number of rotatable bonds is 6. The number of carbonyl (C=O) groups excluding carboxylic acids is 1. The average Bonchev–Trinajstić information content (AvgIpc) is 2.68. The van der Waals surface area contributed by atoms with Gasteiger partial charge in [0, 0.05) is 23.3 Å². The standard InChI is InChI=1S/C27H43NO/c1-18(2)24-13-7-20(5)15-26(24)28(23-11-9-22(17-29)10-12-23)27-16-21(6)8-14-25(27)19(3)4/h9-12,17-21,24-27H,7-8,13-16H2,1-6H3. The Bertz CT molecular complexity index is 617. The van der Waals surface area contributed by atoms with Crippen molar-refractivity contribution in [1.29, 1.82) is 0 Å². The molecule has 0 aliphatic heterocycles. The van der Waals surface area contributed by atoms with Crippen LogP contribution in [-0.2, 0) is 0 Å². The van der Waals surface area contributed by atoms with E-state index >= 15 is 0 Å². The molecule has 29 heavy (non-hydrogen) atoms. The summed E-state index contributed by atoms with van der Waals surface area (Å²) in [4.78, 5) is 14.1. The number of benzene rings is 1. The molecule has 2 saturated carbocycles. The van der Waals surface area contributed by atoms with Crippen LogP contribution in [0.5, 0.6) is 0 Å². The van der Waals surface area contributed by atoms with Gasteiger partial charge in [-0.15, -0.1) is 0 Å². The number of hydrogen-bond donors (Lipinski definition) is 0. The van der Waals surface area contributed by atoms with E-state index in [0.29, 0.717) is 23.9 Å². The van der Waals surface area contributed by atoms with Gasteiger partial charge in [-0.2, -0.15) is 0 Å². The fraction of sp³-hybridized carbons (Fsp3) is 0.741. The molecule has 0 aromatic heterocycles. The molecular weight excluding hydrogens is 354 g/mol. The van der Waals surface area contributed by atoms with Crippen molar-refractivity contribution in [2.45, 2.75) is 92.2 Å². The maximum atomic E-state index is 11.2. The lowest BCUT2D eigenvalue weighted by molar-refractivity contribution is 0.112. The number of aldehydes is 1. The van der Waals surface area contributed by atoms with Crippen molar-refractivity contribution in [2.75, 3.05) is 4.90 Å². The monoisotopic (exact) mass is 397 g/mol. The predicted molar refractivity (Wildman–Crippen MR) is 125 cm³/mol. The second-order valence-corrected chi connectivity index (χ2v) is 10.9. The molecule has 2 aliphatic rings. The number of anilines is 1. The topological polar surface area (TPSA) is 20.3 Å². The molecule has 0 N–H and O–H groups in total. The third-order valence-corrected chi connectivity index (χ3v) is 8.02. The second-order valence-electron chi connectivity index (χ2n) is 10.9.